The van der Waals surface area contributed by atoms with Crippen LogP contribution in [0.3, 0.4) is 0 Å². The molecule has 0 aliphatic rings. The average Bonchev–Trinajstić information content (AvgIpc) is 3.23. The van der Waals surface area contributed by atoms with Gasteiger partial charge in [0, 0.05) is 6.54 Å². The van der Waals surface area contributed by atoms with Crippen LogP contribution in [0.2, 0.25) is 0 Å². The lowest BCUT2D eigenvalue weighted by Crippen LogP contribution is -2.50. The molecule has 0 bridgehead atoms. The summed E-state index contributed by atoms with van der Waals surface area (Å²) in [6, 6.07) is 8.31. The molecule has 7 heteroatoms. The molecule has 1 atom stereocenters. The molecule has 2 amide bonds. The number of nitrogens with one attached hydrogen (secondary N) is 2. The van der Waals surface area contributed by atoms with Gasteiger partial charge in [-0.2, -0.15) is 0 Å². The van der Waals surface area contributed by atoms with Crippen molar-refractivity contribution in [2.24, 2.45) is 5.92 Å². The van der Waals surface area contributed by atoms with Gasteiger partial charge in [-0.05, 0) is 56.0 Å². The Morgan fingerprint density at radius 1 is 1.07 bits per heavy atom. The largest absolute Gasteiger partial charge is 0.490 e. The van der Waals surface area contributed by atoms with Gasteiger partial charge in [0.2, 0.25) is 5.91 Å². The van der Waals surface area contributed by atoms with Crippen molar-refractivity contribution in [2.45, 2.75) is 40.2 Å². The lowest BCUT2D eigenvalue weighted by atomic mass is 10.0. The second-order valence-corrected chi connectivity index (χ2v) is 6.86. The Kier molecular flexibility index (Phi) is 8.58. The minimum absolute atomic E-state index is 0.0658. The third kappa shape index (κ3) is 6.55. The maximum absolute atomic E-state index is 12.6. The summed E-state index contributed by atoms with van der Waals surface area (Å²) in [5.74, 6) is 0.893. The number of hydrogen-bond acceptors (Lipinski definition) is 5. The number of hydrogen-bond donors (Lipinski definition) is 2. The zero-order valence-electron chi connectivity index (χ0n) is 17.5. The fourth-order valence-corrected chi connectivity index (χ4v) is 2.85. The maximum atomic E-state index is 12.6. The SMILES string of the molecule is CCOc1ccc(CCNC(=O)[C@@H](NC(=O)c2ccco2)C(C)C)cc1OCC. The fourth-order valence-electron chi connectivity index (χ4n) is 2.85. The van der Waals surface area contributed by atoms with E-state index in [0.717, 1.165) is 5.56 Å². The zero-order chi connectivity index (χ0) is 21.2. The number of benzene rings is 1. The van der Waals surface area contributed by atoms with Crippen molar-refractivity contribution in [3.63, 3.8) is 0 Å². The number of carbonyl (C=O) groups is 2. The summed E-state index contributed by atoms with van der Waals surface area (Å²) in [4.78, 5) is 24.8. The fraction of sp³-hybridized carbons (Fsp3) is 0.455. The normalized spacial score (nSPS) is 11.8. The first-order valence-electron chi connectivity index (χ1n) is 9.96. The molecule has 158 valence electrons. The highest BCUT2D eigenvalue weighted by molar-refractivity contribution is 5.95. The van der Waals surface area contributed by atoms with Gasteiger partial charge in [0.15, 0.2) is 17.3 Å². The minimum atomic E-state index is -0.646. The molecule has 7 nitrogen and oxygen atoms in total. The molecule has 0 saturated heterocycles. The van der Waals surface area contributed by atoms with Crippen LogP contribution >= 0.6 is 0 Å². The molecule has 0 aliphatic carbocycles. The quantitative estimate of drug-likeness (QED) is 0.602. The van der Waals surface area contributed by atoms with E-state index in [1.54, 1.807) is 12.1 Å². The number of ether oxygens (including phenoxy) is 2. The summed E-state index contributed by atoms with van der Waals surface area (Å²) in [7, 11) is 0. The Morgan fingerprint density at radius 3 is 2.41 bits per heavy atom. The van der Waals surface area contributed by atoms with Crippen LogP contribution in [-0.2, 0) is 11.2 Å². The summed E-state index contributed by atoms with van der Waals surface area (Å²) in [6.45, 7) is 9.17. The summed E-state index contributed by atoms with van der Waals surface area (Å²) in [5.41, 5.74) is 1.03. The van der Waals surface area contributed by atoms with Gasteiger partial charge in [-0.1, -0.05) is 19.9 Å². The molecule has 0 fully saturated rings. The molecule has 2 N–H and O–H groups in total. The van der Waals surface area contributed by atoms with Crippen LogP contribution in [0.4, 0.5) is 0 Å². The highest BCUT2D eigenvalue weighted by Crippen LogP contribution is 2.28. The van der Waals surface area contributed by atoms with Crippen LogP contribution in [0, 0.1) is 5.92 Å². The standard InChI is InChI=1S/C22H30N2O5/c1-5-27-17-10-9-16(14-19(17)28-6-2)11-12-23-22(26)20(15(3)4)24-21(25)18-8-7-13-29-18/h7-10,13-15,20H,5-6,11-12H2,1-4H3,(H,23,26)(H,24,25)/t20-/m0/s1. The van der Waals surface area contributed by atoms with Crippen molar-refractivity contribution in [1.82, 2.24) is 10.6 Å². The van der Waals surface area contributed by atoms with E-state index in [4.69, 9.17) is 13.9 Å². The summed E-state index contributed by atoms with van der Waals surface area (Å²) < 4.78 is 16.3. The molecule has 0 radical (unpaired) electrons. The number of rotatable bonds is 11. The first-order valence-corrected chi connectivity index (χ1v) is 9.96. The van der Waals surface area contributed by atoms with Crippen LogP contribution in [0.1, 0.15) is 43.8 Å². The summed E-state index contributed by atoms with van der Waals surface area (Å²) >= 11 is 0. The van der Waals surface area contributed by atoms with E-state index in [0.29, 0.717) is 37.7 Å². The lowest BCUT2D eigenvalue weighted by Gasteiger charge is -2.21. The summed E-state index contributed by atoms with van der Waals surface area (Å²) in [6.07, 6.45) is 2.06. The Bertz CT molecular complexity index is 787. The van der Waals surface area contributed by atoms with Gasteiger partial charge in [-0.25, -0.2) is 0 Å². The van der Waals surface area contributed by atoms with Gasteiger partial charge in [0.1, 0.15) is 6.04 Å². The molecular weight excluding hydrogens is 372 g/mol. The Morgan fingerprint density at radius 2 is 1.79 bits per heavy atom. The molecule has 1 aromatic heterocycles. The van der Waals surface area contributed by atoms with Gasteiger partial charge in [-0.3, -0.25) is 9.59 Å². The highest BCUT2D eigenvalue weighted by atomic mass is 16.5. The van der Waals surface area contributed by atoms with E-state index < -0.39 is 11.9 Å². The third-order valence-corrected chi connectivity index (χ3v) is 4.30. The number of furan rings is 1. The van der Waals surface area contributed by atoms with Gasteiger partial charge in [0.05, 0.1) is 19.5 Å². The van der Waals surface area contributed by atoms with Gasteiger partial charge in [-0.15, -0.1) is 0 Å². The first-order chi connectivity index (χ1) is 14.0. The summed E-state index contributed by atoms with van der Waals surface area (Å²) in [5, 5.41) is 5.63. The molecule has 0 aliphatic heterocycles. The highest BCUT2D eigenvalue weighted by Gasteiger charge is 2.25. The molecule has 29 heavy (non-hydrogen) atoms. The van der Waals surface area contributed by atoms with Crippen molar-refractivity contribution in [2.75, 3.05) is 19.8 Å². The van der Waals surface area contributed by atoms with E-state index in [2.05, 4.69) is 10.6 Å². The van der Waals surface area contributed by atoms with E-state index in [-0.39, 0.29) is 17.6 Å². The predicted octanol–water partition coefficient (Wildman–Crippen LogP) is 3.19. The van der Waals surface area contributed by atoms with E-state index in [9.17, 15) is 9.59 Å². The second kappa shape index (κ2) is 11.1. The molecular formula is C22H30N2O5. The van der Waals surface area contributed by atoms with Crippen LogP contribution in [-0.4, -0.2) is 37.6 Å². The zero-order valence-corrected chi connectivity index (χ0v) is 17.5. The Labute approximate surface area is 171 Å². The number of amides is 2. The molecule has 2 aromatic rings. The molecule has 2 rings (SSSR count). The molecule has 1 heterocycles. The maximum Gasteiger partial charge on any atom is 0.287 e. The van der Waals surface area contributed by atoms with Crippen molar-refractivity contribution in [3.8, 4) is 11.5 Å². The van der Waals surface area contributed by atoms with Gasteiger partial charge in [0.25, 0.3) is 5.91 Å². The van der Waals surface area contributed by atoms with Crippen LogP contribution < -0.4 is 20.1 Å². The number of carbonyl (C=O) groups excluding carboxylic acids is 2. The van der Waals surface area contributed by atoms with E-state index >= 15 is 0 Å². The van der Waals surface area contributed by atoms with Crippen LogP contribution in [0.25, 0.3) is 0 Å². The topological polar surface area (TPSA) is 89.8 Å². The average molecular weight is 402 g/mol. The van der Waals surface area contributed by atoms with Crippen molar-refractivity contribution >= 4 is 11.8 Å². The molecule has 0 saturated carbocycles. The predicted molar refractivity (Wildman–Crippen MR) is 110 cm³/mol. The monoisotopic (exact) mass is 402 g/mol. The van der Waals surface area contributed by atoms with Crippen molar-refractivity contribution in [1.29, 1.82) is 0 Å². The Balaban J connectivity index is 1.92. The van der Waals surface area contributed by atoms with Crippen molar-refractivity contribution < 1.29 is 23.5 Å². The lowest BCUT2D eigenvalue weighted by molar-refractivity contribution is -0.123. The van der Waals surface area contributed by atoms with Crippen LogP contribution in [0.15, 0.2) is 41.0 Å². The third-order valence-electron chi connectivity index (χ3n) is 4.30. The van der Waals surface area contributed by atoms with E-state index in [1.807, 2.05) is 45.9 Å². The van der Waals surface area contributed by atoms with Gasteiger partial charge >= 0.3 is 0 Å². The minimum Gasteiger partial charge on any atom is -0.490 e. The molecule has 0 spiro atoms. The smallest absolute Gasteiger partial charge is 0.287 e. The molecule has 0 unspecified atom stereocenters. The van der Waals surface area contributed by atoms with Crippen LogP contribution in [0.5, 0.6) is 11.5 Å². The second-order valence-electron chi connectivity index (χ2n) is 6.86. The Hall–Kier alpha value is -2.96. The van der Waals surface area contributed by atoms with Crippen molar-refractivity contribution in [3.05, 3.63) is 47.9 Å². The first kappa shape index (κ1) is 22.3. The van der Waals surface area contributed by atoms with E-state index in [1.165, 1.54) is 6.26 Å². The molecule has 1 aromatic carbocycles. The van der Waals surface area contributed by atoms with Gasteiger partial charge < -0.3 is 24.5 Å².